The maximum absolute atomic E-state index is 11.1. The van der Waals surface area contributed by atoms with Gasteiger partial charge in [-0.1, -0.05) is 17.7 Å². The van der Waals surface area contributed by atoms with Crippen LogP contribution in [0, 0.1) is 0 Å². The van der Waals surface area contributed by atoms with Gasteiger partial charge in [0.05, 0.1) is 5.92 Å². The van der Waals surface area contributed by atoms with Gasteiger partial charge in [-0.25, -0.2) is 0 Å². The van der Waals surface area contributed by atoms with Crippen LogP contribution in [0.15, 0.2) is 18.2 Å². The van der Waals surface area contributed by atoms with E-state index in [0.29, 0.717) is 5.02 Å². The monoisotopic (exact) mass is 195 g/mol. The molecule has 13 heavy (non-hydrogen) atoms. The predicted octanol–water partition coefficient (Wildman–Crippen LogP) is 1.86. The molecule has 0 fully saturated rings. The van der Waals surface area contributed by atoms with Gasteiger partial charge < -0.3 is 5.73 Å². The average molecular weight is 196 g/mol. The van der Waals surface area contributed by atoms with E-state index in [2.05, 4.69) is 0 Å². The first-order valence-corrected chi connectivity index (χ1v) is 4.64. The molecular weight excluding hydrogens is 186 g/mol. The zero-order valence-corrected chi connectivity index (χ0v) is 7.84. The summed E-state index contributed by atoms with van der Waals surface area (Å²) >= 11 is 5.84. The zero-order chi connectivity index (χ0) is 9.42. The number of amides is 1. The lowest BCUT2D eigenvalue weighted by Crippen LogP contribution is -2.19. The van der Waals surface area contributed by atoms with Crippen molar-refractivity contribution in [3.05, 3.63) is 34.3 Å². The summed E-state index contributed by atoms with van der Waals surface area (Å²) in [5.41, 5.74) is 7.50. The number of primary amides is 1. The first-order chi connectivity index (χ1) is 6.18. The fraction of sp³-hybridized carbons (Fsp3) is 0.300. The van der Waals surface area contributed by atoms with E-state index in [-0.39, 0.29) is 11.8 Å². The van der Waals surface area contributed by atoms with Crippen LogP contribution in [0.4, 0.5) is 0 Å². The van der Waals surface area contributed by atoms with Gasteiger partial charge in [-0.05, 0) is 36.1 Å². The van der Waals surface area contributed by atoms with Crippen molar-refractivity contribution in [1.29, 1.82) is 0 Å². The van der Waals surface area contributed by atoms with Crippen LogP contribution in [-0.4, -0.2) is 5.91 Å². The molecule has 0 spiro atoms. The molecule has 2 N–H and O–H groups in total. The summed E-state index contributed by atoms with van der Waals surface area (Å²) in [5, 5.41) is 0.673. The number of fused-ring (bicyclic) bond motifs is 1. The molecule has 0 aliphatic heterocycles. The van der Waals surface area contributed by atoms with E-state index >= 15 is 0 Å². The molecule has 1 aromatic carbocycles. The van der Waals surface area contributed by atoms with Crippen molar-refractivity contribution in [3.63, 3.8) is 0 Å². The van der Waals surface area contributed by atoms with Crippen molar-refractivity contribution in [2.45, 2.75) is 18.8 Å². The van der Waals surface area contributed by atoms with Crippen LogP contribution in [0.2, 0.25) is 5.02 Å². The Morgan fingerprint density at radius 3 is 3.00 bits per heavy atom. The summed E-state index contributed by atoms with van der Waals surface area (Å²) in [6.45, 7) is 0. The van der Waals surface area contributed by atoms with Crippen LogP contribution >= 0.6 is 11.6 Å². The molecule has 0 unspecified atom stereocenters. The number of carbonyl (C=O) groups is 1. The normalized spacial score (nSPS) is 19.9. The van der Waals surface area contributed by atoms with Crippen molar-refractivity contribution in [2.24, 2.45) is 5.73 Å². The summed E-state index contributed by atoms with van der Waals surface area (Å²) in [7, 11) is 0. The lowest BCUT2D eigenvalue weighted by molar-refractivity contribution is -0.119. The molecule has 68 valence electrons. The van der Waals surface area contributed by atoms with Crippen LogP contribution in [0.1, 0.15) is 23.5 Å². The number of aryl methyl sites for hydroxylation is 1. The molecule has 2 rings (SSSR count). The van der Waals surface area contributed by atoms with Crippen molar-refractivity contribution in [2.75, 3.05) is 0 Å². The number of nitrogens with two attached hydrogens (primary N) is 1. The SMILES string of the molecule is NC(=O)[C@H]1CCc2ccc(Cl)cc21. The molecule has 0 heterocycles. The molecule has 2 nitrogen and oxygen atoms in total. The highest BCUT2D eigenvalue weighted by Gasteiger charge is 2.26. The average Bonchev–Trinajstić information content (AvgIpc) is 2.46. The second-order valence-electron chi connectivity index (χ2n) is 3.34. The molecule has 1 aromatic rings. The van der Waals surface area contributed by atoms with Crippen LogP contribution in [-0.2, 0) is 11.2 Å². The van der Waals surface area contributed by atoms with Gasteiger partial charge in [-0.3, -0.25) is 4.79 Å². The van der Waals surface area contributed by atoms with E-state index in [9.17, 15) is 4.79 Å². The summed E-state index contributed by atoms with van der Waals surface area (Å²) in [5.74, 6) is -0.380. The number of hydrogen-bond donors (Lipinski definition) is 1. The third kappa shape index (κ3) is 1.42. The van der Waals surface area contributed by atoms with E-state index in [0.717, 1.165) is 18.4 Å². The molecule has 0 bridgehead atoms. The zero-order valence-electron chi connectivity index (χ0n) is 7.09. The quantitative estimate of drug-likeness (QED) is 0.730. The van der Waals surface area contributed by atoms with Gasteiger partial charge in [0, 0.05) is 5.02 Å². The molecular formula is C10H10ClNO. The minimum absolute atomic E-state index is 0.131. The molecule has 0 radical (unpaired) electrons. The Morgan fingerprint density at radius 1 is 1.54 bits per heavy atom. The molecule has 0 aromatic heterocycles. The summed E-state index contributed by atoms with van der Waals surface area (Å²) in [4.78, 5) is 11.1. The summed E-state index contributed by atoms with van der Waals surface area (Å²) in [6, 6.07) is 5.67. The van der Waals surface area contributed by atoms with Gasteiger partial charge >= 0.3 is 0 Å². The van der Waals surface area contributed by atoms with E-state index in [1.165, 1.54) is 5.56 Å². The van der Waals surface area contributed by atoms with Crippen LogP contribution < -0.4 is 5.73 Å². The molecule has 1 aliphatic carbocycles. The number of rotatable bonds is 1. The third-order valence-electron chi connectivity index (χ3n) is 2.53. The lowest BCUT2D eigenvalue weighted by Gasteiger charge is -2.06. The minimum atomic E-state index is -0.249. The van der Waals surface area contributed by atoms with Gasteiger partial charge in [-0.15, -0.1) is 0 Å². The second-order valence-corrected chi connectivity index (χ2v) is 3.77. The predicted molar refractivity (Wildman–Crippen MR) is 51.7 cm³/mol. The lowest BCUT2D eigenvalue weighted by atomic mass is 10.0. The largest absolute Gasteiger partial charge is 0.369 e. The van der Waals surface area contributed by atoms with Gasteiger partial charge in [0.15, 0.2) is 0 Å². The first kappa shape index (κ1) is 8.57. The highest BCUT2D eigenvalue weighted by Crippen LogP contribution is 2.34. The summed E-state index contributed by atoms with van der Waals surface area (Å²) in [6.07, 6.45) is 1.76. The van der Waals surface area contributed by atoms with E-state index in [4.69, 9.17) is 17.3 Å². The Labute approximate surface area is 81.7 Å². The minimum Gasteiger partial charge on any atom is -0.369 e. The molecule has 1 amide bonds. The Morgan fingerprint density at radius 2 is 2.31 bits per heavy atom. The highest BCUT2D eigenvalue weighted by atomic mass is 35.5. The molecule has 0 saturated carbocycles. The highest BCUT2D eigenvalue weighted by molar-refractivity contribution is 6.30. The van der Waals surface area contributed by atoms with E-state index in [1.54, 1.807) is 0 Å². The Balaban J connectivity index is 2.46. The molecule has 1 aliphatic rings. The van der Waals surface area contributed by atoms with Crippen LogP contribution in [0.3, 0.4) is 0 Å². The third-order valence-corrected chi connectivity index (χ3v) is 2.76. The smallest absolute Gasteiger partial charge is 0.224 e. The number of halogens is 1. The van der Waals surface area contributed by atoms with Crippen LogP contribution in [0.25, 0.3) is 0 Å². The van der Waals surface area contributed by atoms with Gasteiger partial charge in [0.25, 0.3) is 0 Å². The maximum Gasteiger partial charge on any atom is 0.224 e. The molecule has 3 heteroatoms. The summed E-state index contributed by atoms with van der Waals surface area (Å²) < 4.78 is 0. The van der Waals surface area contributed by atoms with Crippen molar-refractivity contribution >= 4 is 17.5 Å². The van der Waals surface area contributed by atoms with Crippen molar-refractivity contribution < 1.29 is 4.79 Å². The first-order valence-electron chi connectivity index (χ1n) is 4.26. The Bertz CT molecular complexity index is 362. The van der Waals surface area contributed by atoms with Gasteiger partial charge in [0.2, 0.25) is 5.91 Å². The van der Waals surface area contributed by atoms with E-state index < -0.39 is 0 Å². The molecule has 0 saturated heterocycles. The maximum atomic E-state index is 11.1. The number of carbonyl (C=O) groups excluding carboxylic acids is 1. The van der Waals surface area contributed by atoms with Crippen LogP contribution in [0.5, 0.6) is 0 Å². The number of benzene rings is 1. The Kier molecular flexibility index (Phi) is 2.00. The van der Waals surface area contributed by atoms with Crippen molar-refractivity contribution in [3.8, 4) is 0 Å². The topological polar surface area (TPSA) is 43.1 Å². The van der Waals surface area contributed by atoms with Gasteiger partial charge in [-0.2, -0.15) is 0 Å². The van der Waals surface area contributed by atoms with Gasteiger partial charge in [0.1, 0.15) is 0 Å². The molecule has 1 atom stereocenters. The standard InChI is InChI=1S/C10H10ClNO/c11-7-3-1-6-2-4-8(10(12)13)9(6)5-7/h1,3,5,8H,2,4H2,(H2,12,13)/t8-/m0/s1. The number of hydrogen-bond acceptors (Lipinski definition) is 1. The van der Waals surface area contributed by atoms with E-state index in [1.807, 2.05) is 18.2 Å². The second kappa shape index (κ2) is 3.04. The fourth-order valence-electron chi connectivity index (χ4n) is 1.87. The van der Waals surface area contributed by atoms with Crippen molar-refractivity contribution in [1.82, 2.24) is 0 Å². The fourth-order valence-corrected chi connectivity index (χ4v) is 2.05. The Hall–Kier alpha value is -1.02.